The summed E-state index contributed by atoms with van der Waals surface area (Å²) in [6.07, 6.45) is 3.47. The van der Waals surface area contributed by atoms with Gasteiger partial charge in [0.05, 0.1) is 5.75 Å². The van der Waals surface area contributed by atoms with Crippen molar-refractivity contribution < 1.29 is 8.42 Å². The molecule has 0 aliphatic carbocycles. The van der Waals surface area contributed by atoms with E-state index in [4.69, 9.17) is 0 Å². The Labute approximate surface area is 95.7 Å². The second-order valence-electron chi connectivity index (χ2n) is 3.42. The minimum atomic E-state index is -2.35. The van der Waals surface area contributed by atoms with Gasteiger partial charge in [-0.05, 0) is 28.8 Å². The molecule has 0 spiro atoms. The first-order chi connectivity index (χ1) is 7.75. The quantitative estimate of drug-likeness (QED) is 0.823. The Morgan fingerprint density at radius 1 is 0.875 bits per heavy atom. The molecule has 0 atom stereocenters. The fraction of sp³-hybridized carbons (Fsp3) is 0.0833. The molecule has 82 valence electrons. The van der Waals surface area contributed by atoms with Crippen molar-refractivity contribution in [1.29, 1.82) is 0 Å². The smallest absolute Gasteiger partial charge is 0.144 e. The average molecular weight is 233 g/mol. The number of hydrogen-bond donors (Lipinski definition) is 1. The molecule has 1 aromatic heterocycles. The molecule has 3 nitrogen and oxygen atoms in total. The van der Waals surface area contributed by atoms with E-state index in [1.54, 1.807) is 12.4 Å². The van der Waals surface area contributed by atoms with Gasteiger partial charge in [0, 0.05) is 12.4 Å². The molecule has 0 unspecified atom stereocenters. The van der Waals surface area contributed by atoms with Gasteiger partial charge in [0.1, 0.15) is 10.7 Å². The molecule has 0 radical (unpaired) electrons. The first kappa shape index (κ1) is 10.8. The normalized spacial score (nSPS) is 10.6. The van der Waals surface area contributed by atoms with Crippen LogP contribution in [0.5, 0.6) is 0 Å². The molecule has 0 amide bonds. The molecule has 16 heavy (non-hydrogen) atoms. The Balaban J connectivity index is 2.26. The zero-order chi connectivity index (χ0) is 11.4. The number of aromatic nitrogens is 1. The molecule has 2 aromatic rings. The fourth-order valence-electron chi connectivity index (χ4n) is 1.50. The van der Waals surface area contributed by atoms with E-state index in [0.29, 0.717) is 0 Å². The molecular weight excluding hydrogens is 222 g/mol. The monoisotopic (exact) mass is 233 g/mol. The maximum absolute atomic E-state index is 10.6. The van der Waals surface area contributed by atoms with Gasteiger partial charge in [-0.15, -0.1) is 0 Å². The first-order valence-corrected chi connectivity index (χ1v) is 6.23. The Morgan fingerprint density at radius 3 is 2.00 bits per heavy atom. The third kappa shape index (κ3) is 2.67. The lowest BCUT2D eigenvalue weighted by atomic mass is 10.1. The van der Waals surface area contributed by atoms with Gasteiger partial charge in [-0.1, -0.05) is 24.3 Å². The van der Waals surface area contributed by atoms with Gasteiger partial charge in [0.2, 0.25) is 0 Å². The van der Waals surface area contributed by atoms with Crippen LogP contribution in [0.3, 0.4) is 0 Å². The van der Waals surface area contributed by atoms with E-state index in [1.165, 1.54) is 0 Å². The summed E-state index contributed by atoms with van der Waals surface area (Å²) in [6.45, 7) is 0. The summed E-state index contributed by atoms with van der Waals surface area (Å²) in [5, 5.41) is 0. The minimum Gasteiger partial charge on any atom is -0.265 e. The second-order valence-corrected chi connectivity index (χ2v) is 4.41. The summed E-state index contributed by atoms with van der Waals surface area (Å²) in [5.74, 6) is 0.103. The van der Waals surface area contributed by atoms with Crippen LogP contribution in [-0.4, -0.2) is 13.4 Å². The highest BCUT2D eigenvalue weighted by molar-refractivity contribution is 7.71. The van der Waals surface area contributed by atoms with E-state index in [2.05, 4.69) is 4.98 Å². The van der Waals surface area contributed by atoms with Gasteiger partial charge in [-0.3, -0.25) is 4.98 Å². The Hall–Kier alpha value is -1.68. The predicted octanol–water partition coefficient (Wildman–Crippen LogP) is 1.86. The predicted molar refractivity (Wildman–Crippen MR) is 63.7 cm³/mol. The van der Waals surface area contributed by atoms with Crippen molar-refractivity contribution in [3.63, 3.8) is 0 Å². The molecule has 0 aliphatic rings. The Kier molecular flexibility index (Phi) is 3.31. The van der Waals surface area contributed by atoms with Crippen molar-refractivity contribution in [3.05, 3.63) is 54.4 Å². The molecule has 1 aromatic carbocycles. The molecule has 0 fully saturated rings. The zero-order valence-electron chi connectivity index (χ0n) is 8.54. The molecule has 0 N–H and O–H groups in total. The van der Waals surface area contributed by atoms with Crippen molar-refractivity contribution in [2.45, 2.75) is 5.75 Å². The van der Waals surface area contributed by atoms with Crippen LogP contribution in [0, 0.1) is 0 Å². The lowest BCUT2D eigenvalue weighted by Gasteiger charge is -2.01. The standard InChI is InChI=1S/C12H11NO2S/c14-16(15)9-10-1-3-11(4-2-10)12-5-7-13-8-6-12/h1-8,16H,9H2. The number of rotatable bonds is 3. The summed E-state index contributed by atoms with van der Waals surface area (Å²) in [4.78, 5) is 3.95. The van der Waals surface area contributed by atoms with Gasteiger partial charge in [0.25, 0.3) is 0 Å². The summed E-state index contributed by atoms with van der Waals surface area (Å²) < 4.78 is 21.1. The highest BCUT2D eigenvalue weighted by Gasteiger charge is 1.98. The Morgan fingerprint density at radius 2 is 1.44 bits per heavy atom. The first-order valence-electron chi connectivity index (χ1n) is 4.87. The highest BCUT2D eigenvalue weighted by atomic mass is 32.2. The van der Waals surface area contributed by atoms with E-state index in [-0.39, 0.29) is 5.75 Å². The average Bonchev–Trinajstić information content (AvgIpc) is 2.30. The second kappa shape index (κ2) is 4.90. The van der Waals surface area contributed by atoms with Crippen LogP contribution in [0.15, 0.2) is 48.8 Å². The summed E-state index contributed by atoms with van der Waals surface area (Å²) in [5.41, 5.74) is 2.95. The van der Waals surface area contributed by atoms with Gasteiger partial charge in [0.15, 0.2) is 0 Å². The summed E-state index contributed by atoms with van der Waals surface area (Å²) in [6, 6.07) is 11.3. The molecule has 4 heteroatoms. The highest BCUT2D eigenvalue weighted by Crippen LogP contribution is 2.18. The van der Waals surface area contributed by atoms with E-state index in [1.807, 2.05) is 36.4 Å². The minimum absolute atomic E-state index is 0.103. The summed E-state index contributed by atoms with van der Waals surface area (Å²) in [7, 11) is -2.35. The van der Waals surface area contributed by atoms with Crippen LogP contribution in [-0.2, 0) is 16.5 Å². The largest absolute Gasteiger partial charge is 0.265 e. The van der Waals surface area contributed by atoms with E-state index < -0.39 is 10.7 Å². The van der Waals surface area contributed by atoms with Crippen LogP contribution in [0.1, 0.15) is 5.56 Å². The Bertz CT molecular complexity index is 525. The van der Waals surface area contributed by atoms with Crippen LogP contribution in [0.4, 0.5) is 0 Å². The summed E-state index contributed by atoms with van der Waals surface area (Å²) >= 11 is 0. The lowest BCUT2D eigenvalue weighted by molar-refractivity contribution is 0.614. The maximum Gasteiger partial charge on any atom is 0.144 e. The van der Waals surface area contributed by atoms with Gasteiger partial charge in [-0.2, -0.15) is 0 Å². The van der Waals surface area contributed by atoms with Crippen molar-refractivity contribution in [3.8, 4) is 11.1 Å². The number of pyridine rings is 1. The van der Waals surface area contributed by atoms with Crippen molar-refractivity contribution in [2.24, 2.45) is 0 Å². The van der Waals surface area contributed by atoms with E-state index in [9.17, 15) is 8.42 Å². The lowest BCUT2D eigenvalue weighted by Crippen LogP contribution is -1.86. The maximum atomic E-state index is 10.6. The number of thiol groups is 1. The molecule has 1 heterocycles. The van der Waals surface area contributed by atoms with E-state index >= 15 is 0 Å². The zero-order valence-corrected chi connectivity index (χ0v) is 9.43. The van der Waals surface area contributed by atoms with Crippen LogP contribution in [0.2, 0.25) is 0 Å². The fourth-order valence-corrected chi connectivity index (χ4v) is 2.01. The molecule has 0 bridgehead atoms. The number of hydrogen-bond acceptors (Lipinski definition) is 3. The van der Waals surface area contributed by atoms with Gasteiger partial charge >= 0.3 is 0 Å². The third-order valence-corrected chi connectivity index (χ3v) is 2.90. The molecular formula is C12H11NO2S. The van der Waals surface area contributed by atoms with E-state index in [0.717, 1.165) is 16.7 Å². The molecule has 0 saturated heterocycles. The SMILES string of the molecule is O=[SH](=O)Cc1ccc(-c2ccncc2)cc1. The number of nitrogens with zero attached hydrogens (tertiary/aromatic N) is 1. The van der Waals surface area contributed by atoms with Gasteiger partial charge < -0.3 is 0 Å². The number of benzene rings is 1. The van der Waals surface area contributed by atoms with Gasteiger partial charge in [-0.25, -0.2) is 8.42 Å². The van der Waals surface area contributed by atoms with Crippen molar-refractivity contribution in [1.82, 2.24) is 4.98 Å². The molecule has 2 rings (SSSR count). The van der Waals surface area contributed by atoms with Crippen LogP contribution in [0.25, 0.3) is 11.1 Å². The van der Waals surface area contributed by atoms with Crippen molar-refractivity contribution in [2.75, 3.05) is 0 Å². The molecule has 0 aliphatic heterocycles. The third-order valence-electron chi connectivity index (χ3n) is 2.28. The topological polar surface area (TPSA) is 47.0 Å². The van der Waals surface area contributed by atoms with Crippen LogP contribution < -0.4 is 0 Å². The molecule has 0 saturated carbocycles. The van der Waals surface area contributed by atoms with Crippen LogP contribution >= 0.6 is 0 Å². The van der Waals surface area contributed by atoms with Crippen molar-refractivity contribution >= 4 is 10.7 Å².